The van der Waals surface area contributed by atoms with Gasteiger partial charge in [0.2, 0.25) is 6.29 Å². The highest BCUT2D eigenvalue weighted by Crippen LogP contribution is 2.30. The summed E-state index contributed by atoms with van der Waals surface area (Å²) >= 11 is 0. The molecular weight excluding hydrogens is 370 g/mol. The quantitative estimate of drug-likeness (QED) is 0.279. The predicted octanol–water partition coefficient (Wildman–Crippen LogP) is -3.78. The van der Waals surface area contributed by atoms with Crippen molar-refractivity contribution < 1.29 is 53.7 Å². The first-order chi connectivity index (χ1) is 12.8. The van der Waals surface area contributed by atoms with E-state index in [9.17, 15) is 30.0 Å². The molecule has 0 aliphatic carbocycles. The van der Waals surface area contributed by atoms with Crippen LogP contribution in [-0.4, -0.2) is 108 Å². The summed E-state index contributed by atoms with van der Waals surface area (Å²) in [6.45, 7) is 1.52. The van der Waals surface area contributed by atoms with Crippen molar-refractivity contribution in [3.63, 3.8) is 0 Å². The van der Waals surface area contributed by atoms with Crippen LogP contribution in [0.1, 0.15) is 6.92 Å². The average molecular weight is 395 g/mol. The van der Waals surface area contributed by atoms with Crippen LogP contribution in [0.5, 0.6) is 0 Å². The minimum atomic E-state index is -1.67. The van der Waals surface area contributed by atoms with Crippen LogP contribution in [0.25, 0.3) is 0 Å². The van der Waals surface area contributed by atoms with Gasteiger partial charge in [0, 0.05) is 14.2 Å². The van der Waals surface area contributed by atoms with E-state index >= 15 is 0 Å². The Labute approximate surface area is 154 Å². The molecule has 5 N–H and O–H groups in total. The Bertz CT molecular complexity index is 520. The van der Waals surface area contributed by atoms with Crippen LogP contribution in [0.2, 0.25) is 0 Å². The first kappa shape index (κ1) is 21.9. The highest BCUT2D eigenvalue weighted by atomic mass is 16.8. The number of rotatable bonds is 6. The van der Waals surface area contributed by atoms with Crippen LogP contribution < -0.4 is 5.32 Å². The Hall–Kier alpha value is -1.38. The lowest BCUT2D eigenvalue weighted by Gasteiger charge is -2.45. The maximum Gasteiger partial charge on any atom is 0.295 e. The summed E-state index contributed by atoms with van der Waals surface area (Å²) in [4.78, 5) is 22.7. The minimum Gasteiger partial charge on any atom is -0.435 e. The molecule has 0 aromatic heterocycles. The van der Waals surface area contributed by atoms with Crippen molar-refractivity contribution >= 4 is 12.4 Å². The Morgan fingerprint density at radius 2 is 1.63 bits per heavy atom. The van der Waals surface area contributed by atoms with E-state index in [-0.39, 0.29) is 6.47 Å². The topological polar surface area (TPSA) is 173 Å². The molecule has 10 atom stereocenters. The van der Waals surface area contributed by atoms with Crippen molar-refractivity contribution in [2.24, 2.45) is 0 Å². The zero-order valence-corrected chi connectivity index (χ0v) is 15.0. The summed E-state index contributed by atoms with van der Waals surface area (Å²) in [5.41, 5.74) is 0. The van der Waals surface area contributed by atoms with E-state index in [1.807, 2.05) is 0 Å². The van der Waals surface area contributed by atoms with Crippen LogP contribution in [-0.2, 0) is 33.3 Å². The van der Waals surface area contributed by atoms with Gasteiger partial charge in [0.15, 0.2) is 18.5 Å². The average Bonchev–Trinajstić information content (AvgIpc) is 2.65. The van der Waals surface area contributed by atoms with Gasteiger partial charge in [0.25, 0.3) is 12.4 Å². The van der Waals surface area contributed by atoms with Gasteiger partial charge in [0.05, 0.1) is 6.10 Å². The van der Waals surface area contributed by atoms with E-state index in [0.29, 0.717) is 0 Å². The lowest BCUT2D eigenvalue weighted by Crippen LogP contribution is -2.65. The van der Waals surface area contributed by atoms with Crippen LogP contribution in [0, 0.1) is 0 Å². The third-order valence-electron chi connectivity index (χ3n) is 4.59. The molecule has 27 heavy (non-hydrogen) atoms. The monoisotopic (exact) mass is 395 g/mol. The summed E-state index contributed by atoms with van der Waals surface area (Å²) in [6, 6.07) is 0. The molecule has 2 saturated heterocycles. The second-order valence-electron chi connectivity index (χ2n) is 6.24. The van der Waals surface area contributed by atoms with E-state index in [1.54, 1.807) is 0 Å². The molecule has 12 heteroatoms. The van der Waals surface area contributed by atoms with Gasteiger partial charge >= 0.3 is 0 Å². The Morgan fingerprint density at radius 3 is 2.19 bits per heavy atom. The van der Waals surface area contributed by atoms with Crippen molar-refractivity contribution in [1.29, 1.82) is 0 Å². The number of nitrogens with one attached hydrogen (secondary N) is 1. The second-order valence-corrected chi connectivity index (χ2v) is 6.24. The van der Waals surface area contributed by atoms with Crippen LogP contribution >= 0.6 is 0 Å². The van der Waals surface area contributed by atoms with Crippen LogP contribution in [0.15, 0.2) is 0 Å². The summed E-state index contributed by atoms with van der Waals surface area (Å²) in [5.74, 6) is -0.642. The third kappa shape index (κ3) is 4.38. The number of carbonyl (C=O) groups is 2. The van der Waals surface area contributed by atoms with Gasteiger partial charge in [-0.3, -0.25) is 9.59 Å². The van der Waals surface area contributed by atoms with Crippen LogP contribution in [0.3, 0.4) is 0 Å². The van der Waals surface area contributed by atoms with E-state index in [2.05, 4.69) is 5.32 Å². The molecule has 2 aliphatic rings. The van der Waals surface area contributed by atoms with Gasteiger partial charge in [-0.2, -0.15) is 0 Å². The smallest absolute Gasteiger partial charge is 0.295 e. The molecular formula is C15H25NO11. The van der Waals surface area contributed by atoms with E-state index in [0.717, 1.165) is 0 Å². The Balaban J connectivity index is 2.21. The molecule has 2 aliphatic heterocycles. The number of likely N-dealkylation sites (N-methyl/N-ethyl adjacent to an activating group) is 1. The molecule has 2 heterocycles. The first-order valence-electron chi connectivity index (χ1n) is 8.28. The second kappa shape index (κ2) is 9.21. The largest absolute Gasteiger partial charge is 0.435 e. The SMILES string of the molecule is CNC(=O)C1O[C@@H](O[C@@H]2C(OC=O)O[C@@H](C)C(O)[C@H]2O)C(O)[C@@H](O)[C@@H]1OC. The fourth-order valence-electron chi connectivity index (χ4n) is 3.03. The fourth-order valence-corrected chi connectivity index (χ4v) is 3.03. The third-order valence-corrected chi connectivity index (χ3v) is 4.59. The molecule has 0 aromatic rings. The maximum absolute atomic E-state index is 12.0. The summed E-state index contributed by atoms with van der Waals surface area (Å²) in [7, 11) is 2.57. The number of hydrogen-bond donors (Lipinski definition) is 5. The Kier molecular flexibility index (Phi) is 7.47. The molecule has 0 spiro atoms. The fraction of sp³-hybridized carbons (Fsp3) is 0.867. The number of aliphatic hydroxyl groups is 4. The lowest BCUT2D eigenvalue weighted by molar-refractivity contribution is -0.354. The predicted molar refractivity (Wildman–Crippen MR) is 83.9 cm³/mol. The number of aliphatic hydroxyl groups excluding tert-OH is 4. The first-order valence-corrected chi connectivity index (χ1v) is 8.28. The number of ether oxygens (including phenoxy) is 5. The van der Waals surface area contributed by atoms with Crippen molar-refractivity contribution in [2.45, 2.75) is 68.3 Å². The van der Waals surface area contributed by atoms with Crippen LogP contribution in [0.4, 0.5) is 0 Å². The number of amides is 1. The normalized spacial score (nSPS) is 45.1. The van der Waals surface area contributed by atoms with Gasteiger partial charge in [-0.1, -0.05) is 0 Å². The Morgan fingerprint density at radius 1 is 1.00 bits per heavy atom. The summed E-state index contributed by atoms with van der Waals surface area (Å²) in [6.07, 6.45) is -14.1. The maximum atomic E-state index is 12.0. The van der Waals surface area contributed by atoms with Crippen molar-refractivity contribution in [1.82, 2.24) is 5.32 Å². The molecule has 12 nitrogen and oxygen atoms in total. The molecule has 156 valence electrons. The van der Waals surface area contributed by atoms with Gasteiger partial charge in [-0.25, -0.2) is 0 Å². The number of methoxy groups -OCH3 is 1. The van der Waals surface area contributed by atoms with Crippen molar-refractivity contribution in [3.8, 4) is 0 Å². The van der Waals surface area contributed by atoms with Crippen molar-refractivity contribution in [3.05, 3.63) is 0 Å². The molecule has 0 radical (unpaired) electrons. The van der Waals surface area contributed by atoms with Gasteiger partial charge in [-0.05, 0) is 6.92 Å². The van der Waals surface area contributed by atoms with Gasteiger partial charge in [-0.15, -0.1) is 0 Å². The van der Waals surface area contributed by atoms with E-state index in [4.69, 9.17) is 23.7 Å². The number of hydrogen-bond acceptors (Lipinski definition) is 11. The zero-order valence-electron chi connectivity index (χ0n) is 15.0. The number of carbonyl (C=O) groups excluding carboxylic acids is 2. The van der Waals surface area contributed by atoms with Gasteiger partial charge in [0.1, 0.15) is 30.5 Å². The van der Waals surface area contributed by atoms with E-state index in [1.165, 1.54) is 21.1 Å². The molecule has 1 amide bonds. The minimum absolute atomic E-state index is 0.0689. The molecule has 2 fully saturated rings. The molecule has 0 saturated carbocycles. The highest BCUT2D eigenvalue weighted by Gasteiger charge is 2.52. The van der Waals surface area contributed by atoms with E-state index < -0.39 is 67.3 Å². The highest BCUT2D eigenvalue weighted by molar-refractivity contribution is 5.81. The summed E-state index contributed by atoms with van der Waals surface area (Å²) in [5, 5.41) is 43.0. The molecule has 4 unspecified atom stereocenters. The van der Waals surface area contributed by atoms with Crippen molar-refractivity contribution in [2.75, 3.05) is 14.2 Å². The zero-order chi connectivity index (χ0) is 20.3. The molecule has 0 aromatic carbocycles. The standard InChI is InChI=1S/C15H25NO11/c1-5-6(18)7(19)11(15(25-5)24-4-17)26-14-9(21)8(20)10(23-3)12(27-14)13(22)16-2/h4-12,14-15,18-21H,1-3H3,(H,16,22)/t5-,6?,7+,8+,9?,10-,11-,12?,14+,15?/m0/s1. The molecule has 2 rings (SSSR count). The lowest BCUT2D eigenvalue weighted by atomic mass is 9.97. The van der Waals surface area contributed by atoms with Gasteiger partial charge < -0.3 is 49.4 Å². The molecule has 0 bridgehead atoms. The summed E-state index contributed by atoms with van der Waals surface area (Å²) < 4.78 is 25.9.